The molecule has 0 atom stereocenters. The van der Waals surface area contributed by atoms with Crippen LogP contribution in [-0.4, -0.2) is 71.7 Å². The first kappa shape index (κ1) is 20.1. The molecule has 3 aliphatic heterocycles. The van der Waals surface area contributed by atoms with Crippen molar-refractivity contribution in [3.8, 4) is 11.3 Å². The van der Waals surface area contributed by atoms with Gasteiger partial charge in [0.05, 0.1) is 30.8 Å². The van der Waals surface area contributed by atoms with E-state index in [2.05, 4.69) is 20.9 Å². The number of rotatable bonds is 4. The van der Waals surface area contributed by atoms with Gasteiger partial charge in [-0.2, -0.15) is 4.98 Å². The summed E-state index contributed by atoms with van der Waals surface area (Å²) in [6.07, 6.45) is 5.58. The van der Waals surface area contributed by atoms with Crippen molar-refractivity contribution in [3.63, 3.8) is 0 Å². The van der Waals surface area contributed by atoms with E-state index in [4.69, 9.17) is 14.7 Å². The number of carbonyl (C=O) groups excluding carboxylic acids is 1. The Labute approximate surface area is 192 Å². The summed E-state index contributed by atoms with van der Waals surface area (Å²) in [6, 6.07) is 11.9. The van der Waals surface area contributed by atoms with Crippen LogP contribution in [0.2, 0.25) is 0 Å². The van der Waals surface area contributed by atoms with Crippen LogP contribution in [0.25, 0.3) is 11.3 Å². The number of likely N-dealkylation sites (tertiary alicyclic amines) is 1. The molecule has 1 aromatic carbocycles. The molecule has 33 heavy (non-hydrogen) atoms. The van der Waals surface area contributed by atoms with Crippen LogP contribution in [0.3, 0.4) is 0 Å². The molecule has 8 nitrogen and oxygen atoms in total. The lowest BCUT2D eigenvalue weighted by molar-refractivity contribution is 0.0652. The van der Waals surface area contributed by atoms with Gasteiger partial charge in [0.2, 0.25) is 5.95 Å². The number of anilines is 3. The molecule has 6 rings (SSSR count). The molecule has 0 spiro atoms. The van der Waals surface area contributed by atoms with Crippen LogP contribution < -0.4 is 9.80 Å². The largest absolute Gasteiger partial charge is 0.378 e. The molecule has 3 aromatic rings. The molecule has 0 bridgehead atoms. The van der Waals surface area contributed by atoms with Gasteiger partial charge in [-0.1, -0.05) is 12.1 Å². The average Bonchev–Trinajstić information content (AvgIpc) is 3.28. The number of fused-ring (bicyclic) bond motifs is 1. The Bertz CT molecular complexity index is 1170. The van der Waals surface area contributed by atoms with Gasteiger partial charge in [-0.3, -0.25) is 9.78 Å². The molecule has 1 amide bonds. The quantitative estimate of drug-likeness (QED) is 0.615. The molecule has 2 fully saturated rings. The minimum atomic E-state index is 0.0965. The van der Waals surface area contributed by atoms with Gasteiger partial charge >= 0.3 is 0 Å². The first-order valence-corrected chi connectivity index (χ1v) is 11.6. The minimum Gasteiger partial charge on any atom is -0.378 e. The highest BCUT2D eigenvalue weighted by atomic mass is 16.5. The monoisotopic (exact) mass is 442 g/mol. The Kier molecular flexibility index (Phi) is 5.14. The summed E-state index contributed by atoms with van der Waals surface area (Å²) in [4.78, 5) is 33.5. The number of carbonyl (C=O) groups is 1. The van der Waals surface area contributed by atoms with Crippen LogP contribution in [0.1, 0.15) is 22.3 Å². The van der Waals surface area contributed by atoms with Crippen LogP contribution in [0.15, 0.2) is 48.8 Å². The summed E-state index contributed by atoms with van der Waals surface area (Å²) < 4.78 is 5.54. The molecule has 5 heterocycles. The standard InChI is InChI=1S/C25H26N6O2/c32-24(29-9-3-10-29)19-5-1-4-18(16-19)22-21-7-11-31(20-6-2-8-26-17-20)23(21)28-25(27-22)30-12-14-33-15-13-30/h1-2,4-6,8,16-17H,3,7,9-15H2. The average molecular weight is 443 g/mol. The maximum absolute atomic E-state index is 12.9. The van der Waals surface area contributed by atoms with Gasteiger partial charge in [0, 0.05) is 55.6 Å². The zero-order valence-corrected chi connectivity index (χ0v) is 18.5. The first-order chi connectivity index (χ1) is 16.3. The van der Waals surface area contributed by atoms with E-state index in [1.807, 2.05) is 41.4 Å². The topological polar surface area (TPSA) is 74.7 Å². The predicted molar refractivity (Wildman–Crippen MR) is 126 cm³/mol. The molecule has 2 saturated heterocycles. The number of pyridine rings is 1. The van der Waals surface area contributed by atoms with E-state index >= 15 is 0 Å². The minimum absolute atomic E-state index is 0.0965. The second-order valence-corrected chi connectivity index (χ2v) is 8.61. The van der Waals surface area contributed by atoms with Crippen LogP contribution in [0.4, 0.5) is 17.5 Å². The second kappa shape index (κ2) is 8.44. The number of benzene rings is 1. The normalized spacial score (nSPS) is 17.6. The smallest absolute Gasteiger partial charge is 0.253 e. The fourth-order valence-electron chi connectivity index (χ4n) is 4.65. The van der Waals surface area contributed by atoms with Crippen molar-refractivity contribution in [2.75, 3.05) is 55.7 Å². The van der Waals surface area contributed by atoms with E-state index in [0.717, 1.165) is 79.5 Å². The van der Waals surface area contributed by atoms with E-state index in [-0.39, 0.29) is 5.91 Å². The van der Waals surface area contributed by atoms with Gasteiger partial charge in [0.15, 0.2) is 0 Å². The summed E-state index contributed by atoms with van der Waals surface area (Å²) in [6.45, 7) is 5.36. The summed E-state index contributed by atoms with van der Waals surface area (Å²) >= 11 is 0. The zero-order valence-electron chi connectivity index (χ0n) is 18.5. The number of nitrogens with zero attached hydrogens (tertiary/aromatic N) is 6. The van der Waals surface area contributed by atoms with Crippen molar-refractivity contribution < 1.29 is 9.53 Å². The fourth-order valence-corrected chi connectivity index (χ4v) is 4.65. The number of ether oxygens (including phenoxy) is 1. The van der Waals surface area contributed by atoms with Gasteiger partial charge in [0.1, 0.15) is 5.82 Å². The molecule has 0 radical (unpaired) electrons. The number of amides is 1. The van der Waals surface area contributed by atoms with Crippen molar-refractivity contribution in [3.05, 3.63) is 59.9 Å². The number of aromatic nitrogens is 3. The number of hydrogen-bond acceptors (Lipinski definition) is 7. The van der Waals surface area contributed by atoms with Gasteiger partial charge in [0.25, 0.3) is 5.91 Å². The highest BCUT2D eigenvalue weighted by molar-refractivity contribution is 5.96. The van der Waals surface area contributed by atoms with Crippen molar-refractivity contribution in [1.82, 2.24) is 19.9 Å². The lowest BCUT2D eigenvalue weighted by Gasteiger charge is -2.31. The van der Waals surface area contributed by atoms with E-state index in [9.17, 15) is 4.79 Å². The van der Waals surface area contributed by atoms with E-state index < -0.39 is 0 Å². The Balaban J connectivity index is 1.45. The van der Waals surface area contributed by atoms with Gasteiger partial charge in [-0.15, -0.1) is 0 Å². The lowest BCUT2D eigenvalue weighted by atomic mass is 10.0. The third-order valence-electron chi connectivity index (χ3n) is 6.59. The van der Waals surface area contributed by atoms with Crippen LogP contribution in [0, 0.1) is 0 Å². The Morgan fingerprint density at radius 1 is 0.970 bits per heavy atom. The van der Waals surface area contributed by atoms with Crippen LogP contribution in [-0.2, 0) is 11.2 Å². The predicted octanol–water partition coefficient (Wildman–Crippen LogP) is 2.92. The van der Waals surface area contributed by atoms with Crippen molar-refractivity contribution in [2.24, 2.45) is 0 Å². The third-order valence-corrected chi connectivity index (χ3v) is 6.59. The number of morpholine rings is 1. The maximum atomic E-state index is 12.9. The lowest BCUT2D eigenvalue weighted by Crippen LogP contribution is -2.42. The van der Waals surface area contributed by atoms with E-state index in [1.165, 1.54) is 0 Å². The van der Waals surface area contributed by atoms with Crippen molar-refractivity contribution in [2.45, 2.75) is 12.8 Å². The summed E-state index contributed by atoms with van der Waals surface area (Å²) in [7, 11) is 0. The molecule has 3 aliphatic rings. The van der Waals surface area contributed by atoms with Crippen LogP contribution >= 0.6 is 0 Å². The van der Waals surface area contributed by atoms with Gasteiger partial charge in [-0.05, 0) is 37.1 Å². The summed E-state index contributed by atoms with van der Waals surface area (Å²) in [5.74, 6) is 1.73. The van der Waals surface area contributed by atoms with Gasteiger partial charge < -0.3 is 19.4 Å². The molecule has 168 valence electrons. The van der Waals surface area contributed by atoms with Crippen molar-refractivity contribution >= 4 is 23.4 Å². The summed E-state index contributed by atoms with van der Waals surface area (Å²) in [5.41, 5.74) is 4.73. The Hall–Kier alpha value is -3.52. The highest BCUT2D eigenvalue weighted by Crippen LogP contribution is 2.39. The third kappa shape index (κ3) is 3.70. The molecular weight excluding hydrogens is 416 g/mol. The molecule has 0 aliphatic carbocycles. The summed E-state index contributed by atoms with van der Waals surface area (Å²) in [5, 5.41) is 0. The molecule has 0 saturated carbocycles. The fraction of sp³-hybridized carbons (Fsp3) is 0.360. The van der Waals surface area contributed by atoms with E-state index in [0.29, 0.717) is 19.2 Å². The van der Waals surface area contributed by atoms with Crippen molar-refractivity contribution in [1.29, 1.82) is 0 Å². The zero-order chi connectivity index (χ0) is 22.2. The molecule has 0 N–H and O–H groups in total. The Morgan fingerprint density at radius 2 is 1.85 bits per heavy atom. The highest BCUT2D eigenvalue weighted by Gasteiger charge is 2.30. The molecule has 8 heteroatoms. The van der Waals surface area contributed by atoms with E-state index in [1.54, 1.807) is 6.20 Å². The SMILES string of the molecule is O=C(c1cccc(-c2nc(N3CCOCC3)nc3c2CCN3c2cccnc2)c1)N1CCC1. The molecular formula is C25H26N6O2. The second-order valence-electron chi connectivity index (χ2n) is 8.61. The van der Waals surface area contributed by atoms with Gasteiger partial charge in [-0.25, -0.2) is 4.98 Å². The Morgan fingerprint density at radius 3 is 2.61 bits per heavy atom. The molecule has 2 aromatic heterocycles. The maximum Gasteiger partial charge on any atom is 0.253 e. The first-order valence-electron chi connectivity index (χ1n) is 11.6. The molecule has 0 unspecified atom stereocenters. The van der Waals surface area contributed by atoms with Crippen LogP contribution in [0.5, 0.6) is 0 Å². The number of hydrogen-bond donors (Lipinski definition) is 0.